The summed E-state index contributed by atoms with van der Waals surface area (Å²) in [5.74, 6) is 1.61. The lowest BCUT2D eigenvalue weighted by atomic mass is 10.1. The van der Waals surface area contributed by atoms with Crippen LogP contribution < -0.4 is 9.64 Å². The van der Waals surface area contributed by atoms with Crippen molar-refractivity contribution >= 4 is 11.7 Å². The van der Waals surface area contributed by atoms with E-state index in [4.69, 9.17) is 4.74 Å². The first kappa shape index (κ1) is 20.2. The molecule has 0 spiro atoms. The molecular weight excluding hydrogens is 378 g/mol. The number of carbonyl (C=O) groups is 1. The number of carbonyl (C=O) groups excluding carboxylic acids is 1. The van der Waals surface area contributed by atoms with Crippen LogP contribution in [0.5, 0.6) is 5.75 Å². The van der Waals surface area contributed by atoms with E-state index in [-0.39, 0.29) is 11.9 Å². The maximum Gasteiger partial charge on any atom is 0.257 e. The highest BCUT2D eigenvalue weighted by Crippen LogP contribution is 2.26. The van der Waals surface area contributed by atoms with E-state index in [9.17, 15) is 10.1 Å². The number of hydrogen-bond donors (Lipinski definition) is 0. The smallest absolute Gasteiger partial charge is 0.257 e. The highest BCUT2D eigenvalue weighted by Gasteiger charge is 2.29. The Morgan fingerprint density at radius 1 is 1.07 bits per heavy atom. The standard InChI is InChI=1S/C23H27N5O2/c1-30-19-8-6-18(7-9-19)21(17-24)26-13-15-28(16-14-26)23(29)20-5-4-10-25-22(20)27-11-2-3-12-27/h4-10,21H,2-3,11-16H2,1H3. The van der Waals surface area contributed by atoms with Crippen molar-refractivity contribution in [2.24, 2.45) is 0 Å². The molecule has 4 rings (SSSR count). The van der Waals surface area contributed by atoms with Gasteiger partial charge in [-0.1, -0.05) is 12.1 Å². The third-order valence-corrected chi connectivity index (χ3v) is 5.94. The van der Waals surface area contributed by atoms with Crippen LogP contribution in [0.1, 0.15) is 34.8 Å². The van der Waals surface area contributed by atoms with Crippen LogP contribution in [0.15, 0.2) is 42.6 Å². The van der Waals surface area contributed by atoms with Crippen LogP contribution in [0.4, 0.5) is 5.82 Å². The fraction of sp³-hybridized carbons (Fsp3) is 0.435. The summed E-state index contributed by atoms with van der Waals surface area (Å²) in [6.45, 7) is 4.43. The van der Waals surface area contributed by atoms with Gasteiger partial charge in [0.1, 0.15) is 17.6 Å². The molecule has 0 N–H and O–H groups in total. The number of aromatic nitrogens is 1. The summed E-state index contributed by atoms with van der Waals surface area (Å²) in [4.78, 5) is 24.0. The zero-order valence-corrected chi connectivity index (χ0v) is 17.3. The van der Waals surface area contributed by atoms with Gasteiger partial charge >= 0.3 is 0 Å². The van der Waals surface area contributed by atoms with E-state index in [1.807, 2.05) is 41.3 Å². The highest BCUT2D eigenvalue weighted by atomic mass is 16.5. The Morgan fingerprint density at radius 3 is 2.40 bits per heavy atom. The van der Waals surface area contributed by atoms with Crippen LogP contribution in [-0.4, -0.2) is 67.1 Å². The van der Waals surface area contributed by atoms with Crippen LogP contribution in [0.3, 0.4) is 0 Å². The average Bonchev–Trinajstić information content (AvgIpc) is 3.35. The highest BCUT2D eigenvalue weighted by molar-refractivity contribution is 5.99. The normalized spacial score (nSPS) is 18.1. The predicted octanol–water partition coefficient (Wildman–Crippen LogP) is 2.71. The maximum atomic E-state index is 13.2. The molecule has 2 aliphatic rings. The third-order valence-electron chi connectivity index (χ3n) is 5.94. The van der Waals surface area contributed by atoms with Gasteiger partial charge in [-0.3, -0.25) is 9.69 Å². The van der Waals surface area contributed by atoms with Crippen molar-refractivity contribution in [1.29, 1.82) is 5.26 Å². The lowest BCUT2D eigenvalue weighted by molar-refractivity contribution is 0.0606. The molecule has 7 heteroatoms. The molecule has 30 heavy (non-hydrogen) atoms. The Bertz CT molecular complexity index is 910. The van der Waals surface area contributed by atoms with Crippen molar-refractivity contribution in [3.8, 4) is 11.8 Å². The van der Waals surface area contributed by atoms with Crippen LogP contribution >= 0.6 is 0 Å². The fourth-order valence-corrected chi connectivity index (χ4v) is 4.25. The van der Waals surface area contributed by atoms with E-state index in [1.165, 1.54) is 0 Å². The van der Waals surface area contributed by atoms with Crippen LogP contribution in [-0.2, 0) is 0 Å². The van der Waals surface area contributed by atoms with Gasteiger partial charge in [0.25, 0.3) is 5.91 Å². The molecule has 1 amide bonds. The predicted molar refractivity (Wildman–Crippen MR) is 115 cm³/mol. The van der Waals surface area contributed by atoms with Crippen molar-refractivity contribution in [2.75, 3.05) is 51.3 Å². The number of nitriles is 1. The number of benzene rings is 1. The average molecular weight is 406 g/mol. The quantitative estimate of drug-likeness (QED) is 0.762. The number of methoxy groups -OCH3 is 1. The zero-order chi connectivity index (χ0) is 20.9. The summed E-state index contributed by atoms with van der Waals surface area (Å²) in [6, 6.07) is 13.4. The van der Waals surface area contributed by atoms with Gasteiger partial charge in [0, 0.05) is 45.5 Å². The van der Waals surface area contributed by atoms with Gasteiger partial charge in [-0.2, -0.15) is 5.26 Å². The number of hydrogen-bond acceptors (Lipinski definition) is 6. The summed E-state index contributed by atoms with van der Waals surface area (Å²) in [6.07, 6.45) is 4.04. The molecule has 1 aromatic carbocycles. The second kappa shape index (κ2) is 9.14. The molecule has 1 atom stereocenters. The molecule has 156 valence electrons. The molecule has 7 nitrogen and oxygen atoms in total. The monoisotopic (exact) mass is 405 g/mol. The Labute approximate surface area is 177 Å². The van der Waals surface area contributed by atoms with Crippen molar-refractivity contribution in [3.05, 3.63) is 53.7 Å². The zero-order valence-electron chi connectivity index (χ0n) is 17.3. The second-order valence-corrected chi connectivity index (χ2v) is 7.70. The minimum atomic E-state index is -0.327. The number of amides is 1. The summed E-state index contributed by atoms with van der Waals surface area (Å²) in [5.41, 5.74) is 1.63. The van der Waals surface area contributed by atoms with Gasteiger partial charge in [-0.05, 0) is 42.7 Å². The number of piperazine rings is 1. The molecule has 0 radical (unpaired) electrons. The number of rotatable bonds is 5. The minimum Gasteiger partial charge on any atom is -0.497 e. The Morgan fingerprint density at radius 2 is 1.77 bits per heavy atom. The molecule has 2 aliphatic heterocycles. The topological polar surface area (TPSA) is 72.7 Å². The lowest BCUT2D eigenvalue weighted by Gasteiger charge is -2.37. The van der Waals surface area contributed by atoms with E-state index in [1.54, 1.807) is 13.3 Å². The minimum absolute atomic E-state index is 0.0302. The van der Waals surface area contributed by atoms with E-state index >= 15 is 0 Å². The summed E-state index contributed by atoms with van der Waals surface area (Å²) in [7, 11) is 1.63. The molecule has 2 fully saturated rings. The SMILES string of the molecule is COc1ccc(C(C#N)N2CCN(C(=O)c3cccnc3N3CCCC3)CC2)cc1. The summed E-state index contributed by atoms with van der Waals surface area (Å²) in [5, 5.41) is 9.75. The van der Waals surface area contributed by atoms with Gasteiger partial charge in [0.05, 0.1) is 18.7 Å². The van der Waals surface area contributed by atoms with Crippen molar-refractivity contribution in [3.63, 3.8) is 0 Å². The van der Waals surface area contributed by atoms with Crippen LogP contribution in [0.2, 0.25) is 0 Å². The second-order valence-electron chi connectivity index (χ2n) is 7.70. The molecule has 0 aliphatic carbocycles. The molecule has 0 bridgehead atoms. The van der Waals surface area contributed by atoms with Gasteiger partial charge in [-0.25, -0.2) is 4.98 Å². The maximum absolute atomic E-state index is 13.2. The molecule has 1 aromatic heterocycles. The van der Waals surface area contributed by atoms with E-state index < -0.39 is 0 Å². The largest absolute Gasteiger partial charge is 0.497 e. The molecule has 3 heterocycles. The van der Waals surface area contributed by atoms with Gasteiger partial charge in [-0.15, -0.1) is 0 Å². The van der Waals surface area contributed by atoms with Crippen molar-refractivity contribution < 1.29 is 9.53 Å². The van der Waals surface area contributed by atoms with Crippen LogP contribution in [0, 0.1) is 11.3 Å². The van der Waals surface area contributed by atoms with Gasteiger partial charge in [0.15, 0.2) is 0 Å². The first-order valence-electron chi connectivity index (χ1n) is 10.5. The number of ether oxygens (including phenoxy) is 1. The lowest BCUT2D eigenvalue weighted by Crippen LogP contribution is -2.49. The first-order valence-corrected chi connectivity index (χ1v) is 10.5. The van der Waals surface area contributed by atoms with E-state index in [0.717, 1.165) is 43.1 Å². The fourth-order valence-electron chi connectivity index (χ4n) is 4.25. The van der Waals surface area contributed by atoms with Crippen molar-refractivity contribution in [1.82, 2.24) is 14.8 Å². The van der Waals surface area contributed by atoms with Crippen LogP contribution in [0.25, 0.3) is 0 Å². The van der Waals surface area contributed by atoms with Crippen molar-refractivity contribution in [2.45, 2.75) is 18.9 Å². The van der Waals surface area contributed by atoms with Gasteiger partial charge < -0.3 is 14.5 Å². The van der Waals surface area contributed by atoms with E-state index in [0.29, 0.717) is 31.7 Å². The molecule has 2 aromatic rings. The third kappa shape index (κ3) is 4.10. The van der Waals surface area contributed by atoms with Gasteiger partial charge in [0.2, 0.25) is 0 Å². The Hall–Kier alpha value is -3.11. The Kier molecular flexibility index (Phi) is 6.15. The summed E-state index contributed by atoms with van der Waals surface area (Å²) >= 11 is 0. The summed E-state index contributed by atoms with van der Waals surface area (Å²) < 4.78 is 5.21. The van der Waals surface area contributed by atoms with E-state index in [2.05, 4.69) is 20.9 Å². The molecule has 0 saturated carbocycles. The first-order chi connectivity index (χ1) is 14.7. The molecule has 1 unspecified atom stereocenters. The molecule has 2 saturated heterocycles. The number of nitrogens with zero attached hydrogens (tertiary/aromatic N) is 5. The molecular formula is C23H27N5O2. The Balaban J connectivity index is 1.43. The number of pyridine rings is 1. The number of anilines is 1.